The van der Waals surface area contributed by atoms with Crippen LogP contribution in [0.15, 0.2) is 42.5 Å². The molecule has 3 nitrogen and oxygen atoms in total. The van der Waals surface area contributed by atoms with Gasteiger partial charge in [0.2, 0.25) is 6.79 Å². The molecule has 0 N–H and O–H groups in total. The maximum absolute atomic E-state index is 5.86. The smallest absolute Gasteiger partial charge is 0.231 e. The van der Waals surface area contributed by atoms with Crippen LogP contribution in [0, 0.1) is 0 Å². The molecule has 0 saturated carbocycles. The number of rotatable bonds is 3. The zero-order valence-corrected chi connectivity index (χ0v) is 11.1. The second-order valence-corrected chi connectivity index (χ2v) is 4.42. The monoisotopic (exact) mass is 306 g/mol. The number of halogens is 1. The molecule has 3 rings (SSSR count). The number of hydrogen-bond acceptors (Lipinski definition) is 3. The van der Waals surface area contributed by atoms with Gasteiger partial charge in [-0.1, -0.05) is 34.1 Å². The summed E-state index contributed by atoms with van der Waals surface area (Å²) in [6.07, 6.45) is 0. The quantitative estimate of drug-likeness (QED) is 0.799. The number of alkyl halides is 1. The lowest BCUT2D eigenvalue weighted by Crippen LogP contribution is -1.93. The first-order valence-electron chi connectivity index (χ1n) is 5.58. The van der Waals surface area contributed by atoms with E-state index in [2.05, 4.69) is 15.9 Å². The number of ether oxygens (including phenoxy) is 3. The van der Waals surface area contributed by atoms with Crippen molar-refractivity contribution in [2.45, 2.75) is 5.33 Å². The summed E-state index contributed by atoms with van der Waals surface area (Å²) in [5, 5.41) is 0.758. The molecule has 1 aliphatic heterocycles. The van der Waals surface area contributed by atoms with Gasteiger partial charge in [-0.05, 0) is 18.2 Å². The minimum atomic E-state index is 0.275. The summed E-state index contributed by atoms with van der Waals surface area (Å²) in [5.74, 6) is 3.07. The minimum Gasteiger partial charge on any atom is -0.457 e. The van der Waals surface area contributed by atoms with E-state index in [0.29, 0.717) is 0 Å². The van der Waals surface area contributed by atoms with Gasteiger partial charge in [-0.25, -0.2) is 0 Å². The Morgan fingerprint density at radius 2 is 1.89 bits per heavy atom. The van der Waals surface area contributed by atoms with Crippen LogP contribution in [0.4, 0.5) is 0 Å². The normalized spacial score (nSPS) is 12.5. The fourth-order valence-corrected chi connectivity index (χ4v) is 2.24. The highest BCUT2D eigenvalue weighted by Crippen LogP contribution is 2.37. The van der Waals surface area contributed by atoms with Crippen molar-refractivity contribution >= 4 is 15.9 Å². The summed E-state index contributed by atoms with van der Waals surface area (Å²) < 4.78 is 16.4. The first kappa shape index (κ1) is 11.4. The third-order valence-corrected chi connectivity index (χ3v) is 3.29. The van der Waals surface area contributed by atoms with Crippen LogP contribution < -0.4 is 14.2 Å². The molecule has 0 fully saturated rings. The summed E-state index contributed by atoms with van der Waals surface area (Å²) in [5.41, 5.74) is 1.11. The average molecular weight is 307 g/mol. The average Bonchev–Trinajstić information content (AvgIpc) is 2.87. The lowest BCUT2D eigenvalue weighted by atomic mass is 10.2. The van der Waals surface area contributed by atoms with Crippen molar-refractivity contribution in [1.82, 2.24) is 0 Å². The largest absolute Gasteiger partial charge is 0.457 e. The fraction of sp³-hybridized carbons (Fsp3) is 0.143. The van der Waals surface area contributed by atoms with Gasteiger partial charge in [0, 0.05) is 17.0 Å². The third kappa shape index (κ3) is 2.16. The van der Waals surface area contributed by atoms with Gasteiger partial charge < -0.3 is 14.2 Å². The van der Waals surface area contributed by atoms with Crippen molar-refractivity contribution in [2.24, 2.45) is 0 Å². The van der Waals surface area contributed by atoms with Crippen LogP contribution in [0.3, 0.4) is 0 Å². The van der Waals surface area contributed by atoms with Crippen LogP contribution in [0.25, 0.3) is 0 Å². The molecule has 92 valence electrons. The van der Waals surface area contributed by atoms with E-state index < -0.39 is 0 Å². The Balaban J connectivity index is 1.88. The van der Waals surface area contributed by atoms with Crippen molar-refractivity contribution in [1.29, 1.82) is 0 Å². The molecule has 0 unspecified atom stereocenters. The van der Waals surface area contributed by atoms with E-state index in [1.165, 1.54) is 0 Å². The molecule has 0 spiro atoms. The number of hydrogen-bond donors (Lipinski definition) is 0. The van der Waals surface area contributed by atoms with Gasteiger partial charge >= 0.3 is 0 Å². The summed E-state index contributed by atoms with van der Waals surface area (Å²) in [6.45, 7) is 0.275. The van der Waals surface area contributed by atoms with Gasteiger partial charge in [-0.15, -0.1) is 0 Å². The van der Waals surface area contributed by atoms with E-state index in [1.807, 2.05) is 42.5 Å². The number of benzene rings is 2. The van der Waals surface area contributed by atoms with Crippen LogP contribution in [0.1, 0.15) is 5.56 Å². The lowest BCUT2D eigenvalue weighted by molar-refractivity contribution is 0.174. The van der Waals surface area contributed by atoms with Crippen LogP contribution in [0.2, 0.25) is 0 Å². The molecule has 18 heavy (non-hydrogen) atoms. The zero-order chi connectivity index (χ0) is 12.4. The molecule has 0 aromatic heterocycles. The molecule has 4 heteroatoms. The predicted molar refractivity (Wildman–Crippen MR) is 71.7 cm³/mol. The van der Waals surface area contributed by atoms with Gasteiger partial charge in [-0.3, -0.25) is 0 Å². The van der Waals surface area contributed by atoms with Gasteiger partial charge in [0.05, 0.1) is 0 Å². The maximum atomic E-state index is 5.86. The second kappa shape index (κ2) is 4.90. The summed E-state index contributed by atoms with van der Waals surface area (Å²) in [7, 11) is 0. The van der Waals surface area contributed by atoms with Crippen LogP contribution in [-0.4, -0.2) is 6.79 Å². The molecule has 0 atom stereocenters. The highest BCUT2D eigenvalue weighted by Gasteiger charge is 2.14. The van der Waals surface area contributed by atoms with E-state index in [0.717, 1.165) is 33.9 Å². The SMILES string of the molecule is BrCc1ccccc1Oc1ccc2c(c1)OCO2. The Morgan fingerprint density at radius 1 is 1.06 bits per heavy atom. The molecular formula is C14H11BrO3. The standard InChI is InChI=1S/C14H11BrO3/c15-8-10-3-1-2-4-12(10)18-11-5-6-13-14(7-11)17-9-16-13/h1-7H,8-9H2. The Bertz CT molecular complexity index is 569. The molecule has 2 aromatic rings. The highest BCUT2D eigenvalue weighted by molar-refractivity contribution is 9.08. The summed E-state index contributed by atoms with van der Waals surface area (Å²) >= 11 is 3.45. The third-order valence-electron chi connectivity index (χ3n) is 2.69. The molecule has 1 aliphatic rings. The van der Waals surface area contributed by atoms with Crippen molar-refractivity contribution in [3.63, 3.8) is 0 Å². The first-order valence-corrected chi connectivity index (χ1v) is 6.70. The summed E-state index contributed by atoms with van der Waals surface area (Å²) in [4.78, 5) is 0. The van der Waals surface area contributed by atoms with Crippen LogP contribution >= 0.6 is 15.9 Å². The zero-order valence-electron chi connectivity index (χ0n) is 9.56. The topological polar surface area (TPSA) is 27.7 Å². The van der Waals surface area contributed by atoms with Gasteiger partial charge in [0.1, 0.15) is 11.5 Å². The van der Waals surface area contributed by atoms with E-state index in [1.54, 1.807) is 0 Å². The number of para-hydroxylation sites is 1. The van der Waals surface area contributed by atoms with Crippen LogP contribution in [0.5, 0.6) is 23.0 Å². The highest BCUT2D eigenvalue weighted by atomic mass is 79.9. The molecule has 0 bridgehead atoms. The van der Waals surface area contributed by atoms with Crippen molar-refractivity contribution < 1.29 is 14.2 Å². The molecule has 0 amide bonds. The Morgan fingerprint density at radius 3 is 2.78 bits per heavy atom. The maximum Gasteiger partial charge on any atom is 0.231 e. The van der Waals surface area contributed by atoms with E-state index in [4.69, 9.17) is 14.2 Å². The van der Waals surface area contributed by atoms with E-state index in [-0.39, 0.29) is 6.79 Å². The van der Waals surface area contributed by atoms with Gasteiger partial charge in [0.25, 0.3) is 0 Å². The second-order valence-electron chi connectivity index (χ2n) is 3.86. The minimum absolute atomic E-state index is 0.275. The Kier molecular flexibility index (Phi) is 3.11. The van der Waals surface area contributed by atoms with Crippen molar-refractivity contribution in [3.8, 4) is 23.0 Å². The van der Waals surface area contributed by atoms with Crippen LogP contribution in [-0.2, 0) is 5.33 Å². The molecule has 0 saturated heterocycles. The van der Waals surface area contributed by atoms with E-state index in [9.17, 15) is 0 Å². The molecule has 0 aliphatic carbocycles. The first-order chi connectivity index (χ1) is 8.86. The van der Waals surface area contributed by atoms with Gasteiger partial charge in [-0.2, -0.15) is 0 Å². The number of fused-ring (bicyclic) bond motifs is 1. The predicted octanol–water partition coefficient (Wildman–Crippen LogP) is 4.10. The Labute approximate surface area is 113 Å². The molecule has 0 radical (unpaired) electrons. The molecule has 2 aromatic carbocycles. The lowest BCUT2D eigenvalue weighted by Gasteiger charge is -2.09. The van der Waals surface area contributed by atoms with Gasteiger partial charge in [0.15, 0.2) is 11.5 Å². The van der Waals surface area contributed by atoms with E-state index >= 15 is 0 Å². The Hall–Kier alpha value is -1.68. The van der Waals surface area contributed by atoms with Crippen molar-refractivity contribution in [3.05, 3.63) is 48.0 Å². The summed E-state index contributed by atoms with van der Waals surface area (Å²) in [6, 6.07) is 13.5. The van der Waals surface area contributed by atoms with Crippen molar-refractivity contribution in [2.75, 3.05) is 6.79 Å². The fourth-order valence-electron chi connectivity index (χ4n) is 1.78. The molecular weight excluding hydrogens is 296 g/mol. The molecule has 1 heterocycles.